The summed E-state index contributed by atoms with van der Waals surface area (Å²) in [6, 6.07) is 13.7. The first-order chi connectivity index (χ1) is 13.5. The van der Waals surface area contributed by atoms with Crippen molar-refractivity contribution in [3.63, 3.8) is 0 Å². The fourth-order valence-electron chi connectivity index (χ4n) is 3.46. The molecule has 0 heterocycles. The summed E-state index contributed by atoms with van der Waals surface area (Å²) >= 11 is 0. The number of nitrogens with one attached hydrogen (secondary N) is 2. The van der Waals surface area contributed by atoms with E-state index in [1.54, 1.807) is 42.5 Å². The van der Waals surface area contributed by atoms with E-state index < -0.39 is 5.97 Å². The van der Waals surface area contributed by atoms with Gasteiger partial charge in [-0.2, -0.15) is 0 Å². The first kappa shape index (κ1) is 19.6. The Morgan fingerprint density at radius 3 is 2.32 bits per heavy atom. The lowest BCUT2D eigenvalue weighted by molar-refractivity contribution is -0.116. The van der Waals surface area contributed by atoms with Gasteiger partial charge in [-0.25, -0.2) is 4.79 Å². The first-order valence-corrected chi connectivity index (χ1v) is 9.55. The van der Waals surface area contributed by atoms with E-state index in [2.05, 4.69) is 10.6 Å². The Kier molecular flexibility index (Phi) is 6.42. The molecular weight excluding hydrogens is 356 g/mol. The van der Waals surface area contributed by atoms with Crippen LogP contribution in [0.15, 0.2) is 48.5 Å². The van der Waals surface area contributed by atoms with Crippen molar-refractivity contribution in [3.05, 3.63) is 65.2 Å². The number of carboxylic acid groups (broad SMARTS) is 1. The van der Waals surface area contributed by atoms with Gasteiger partial charge >= 0.3 is 5.97 Å². The minimum absolute atomic E-state index is 0.0879. The van der Waals surface area contributed by atoms with E-state index in [9.17, 15) is 19.5 Å². The van der Waals surface area contributed by atoms with Gasteiger partial charge in [-0.05, 0) is 55.2 Å². The number of carbonyl (C=O) groups is 3. The molecule has 0 aliphatic heterocycles. The molecule has 2 aromatic carbocycles. The average molecular weight is 380 g/mol. The number of aryl methyl sites for hydroxylation is 1. The van der Waals surface area contributed by atoms with Gasteiger partial charge in [0.15, 0.2) is 0 Å². The molecule has 0 radical (unpaired) electrons. The van der Waals surface area contributed by atoms with Crippen molar-refractivity contribution in [1.29, 1.82) is 0 Å². The maximum Gasteiger partial charge on any atom is 0.335 e. The Labute approximate surface area is 164 Å². The van der Waals surface area contributed by atoms with Gasteiger partial charge in [-0.3, -0.25) is 9.59 Å². The minimum atomic E-state index is -0.998. The second-order valence-electron chi connectivity index (χ2n) is 7.04. The molecule has 0 unspecified atom stereocenters. The lowest BCUT2D eigenvalue weighted by Crippen LogP contribution is -2.32. The maximum absolute atomic E-state index is 12.2. The molecule has 0 spiro atoms. The van der Waals surface area contributed by atoms with Gasteiger partial charge in [0.05, 0.1) is 5.56 Å². The van der Waals surface area contributed by atoms with E-state index in [0.717, 1.165) is 25.7 Å². The molecule has 0 bridgehead atoms. The van der Waals surface area contributed by atoms with Gasteiger partial charge in [-0.1, -0.05) is 31.0 Å². The zero-order valence-corrected chi connectivity index (χ0v) is 15.6. The summed E-state index contributed by atoms with van der Waals surface area (Å²) in [5, 5.41) is 15.0. The Hall–Kier alpha value is -3.15. The van der Waals surface area contributed by atoms with Crippen LogP contribution in [0.1, 0.15) is 58.4 Å². The molecule has 1 saturated carbocycles. The number of amides is 2. The minimum Gasteiger partial charge on any atom is -0.478 e. The lowest BCUT2D eigenvalue weighted by Gasteiger charge is -2.12. The number of carboxylic acids is 1. The number of anilines is 1. The van der Waals surface area contributed by atoms with Crippen LogP contribution in [0.2, 0.25) is 0 Å². The van der Waals surface area contributed by atoms with Crippen molar-refractivity contribution >= 4 is 23.5 Å². The maximum atomic E-state index is 12.2. The topological polar surface area (TPSA) is 95.5 Å². The molecule has 2 aromatic rings. The molecule has 1 fully saturated rings. The van der Waals surface area contributed by atoms with Crippen molar-refractivity contribution in [2.45, 2.75) is 44.6 Å². The van der Waals surface area contributed by atoms with Crippen molar-refractivity contribution in [2.75, 3.05) is 5.32 Å². The quantitative estimate of drug-likeness (QED) is 0.683. The van der Waals surface area contributed by atoms with Crippen LogP contribution in [0.4, 0.5) is 5.69 Å². The van der Waals surface area contributed by atoms with Crippen LogP contribution in [0.3, 0.4) is 0 Å². The molecule has 0 atom stereocenters. The van der Waals surface area contributed by atoms with Crippen molar-refractivity contribution in [2.24, 2.45) is 0 Å². The molecule has 6 nitrogen and oxygen atoms in total. The summed E-state index contributed by atoms with van der Waals surface area (Å²) in [6.45, 7) is 0. The smallest absolute Gasteiger partial charge is 0.335 e. The summed E-state index contributed by atoms with van der Waals surface area (Å²) in [5.74, 6) is -1.29. The zero-order valence-electron chi connectivity index (χ0n) is 15.6. The van der Waals surface area contributed by atoms with Crippen LogP contribution in [-0.2, 0) is 11.2 Å². The second kappa shape index (κ2) is 9.17. The normalized spacial score (nSPS) is 13.9. The van der Waals surface area contributed by atoms with Gasteiger partial charge in [0.1, 0.15) is 0 Å². The van der Waals surface area contributed by atoms with Crippen LogP contribution in [0.5, 0.6) is 0 Å². The van der Waals surface area contributed by atoms with Crippen molar-refractivity contribution in [1.82, 2.24) is 5.32 Å². The molecule has 0 aromatic heterocycles. The molecule has 146 valence electrons. The third kappa shape index (κ3) is 5.19. The Balaban J connectivity index is 1.52. The molecule has 1 aliphatic rings. The number of hydrogen-bond acceptors (Lipinski definition) is 3. The molecule has 6 heteroatoms. The van der Waals surface area contributed by atoms with Crippen LogP contribution in [-0.4, -0.2) is 28.9 Å². The lowest BCUT2D eigenvalue weighted by atomic mass is 10.0. The summed E-state index contributed by atoms with van der Waals surface area (Å²) in [4.78, 5) is 35.6. The molecule has 0 saturated heterocycles. The third-order valence-corrected chi connectivity index (χ3v) is 4.99. The van der Waals surface area contributed by atoms with Gasteiger partial charge in [0.2, 0.25) is 5.91 Å². The summed E-state index contributed by atoms with van der Waals surface area (Å²) in [5.41, 5.74) is 2.02. The Morgan fingerprint density at radius 2 is 1.64 bits per heavy atom. The van der Waals surface area contributed by atoms with Crippen molar-refractivity contribution in [3.8, 4) is 0 Å². The second-order valence-corrected chi connectivity index (χ2v) is 7.04. The van der Waals surface area contributed by atoms with Gasteiger partial charge in [0.25, 0.3) is 5.91 Å². The van der Waals surface area contributed by atoms with Crippen molar-refractivity contribution < 1.29 is 19.5 Å². The highest BCUT2D eigenvalue weighted by molar-refractivity contribution is 5.96. The summed E-state index contributed by atoms with van der Waals surface area (Å²) < 4.78 is 0. The number of hydrogen-bond donors (Lipinski definition) is 3. The fraction of sp³-hybridized carbons (Fsp3) is 0.318. The van der Waals surface area contributed by atoms with E-state index in [1.165, 1.54) is 6.07 Å². The zero-order chi connectivity index (χ0) is 19.9. The number of benzene rings is 2. The molecule has 3 N–H and O–H groups in total. The number of carbonyl (C=O) groups excluding carboxylic acids is 2. The Morgan fingerprint density at radius 1 is 0.964 bits per heavy atom. The predicted molar refractivity (Wildman–Crippen MR) is 107 cm³/mol. The van der Waals surface area contributed by atoms with E-state index in [1.807, 2.05) is 0 Å². The molecule has 3 rings (SSSR count). The average Bonchev–Trinajstić information content (AvgIpc) is 3.20. The highest BCUT2D eigenvalue weighted by atomic mass is 16.4. The largest absolute Gasteiger partial charge is 0.478 e. The number of rotatable bonds is 7. The highest BCUT2D eigenvalue weighted by Gasteiger charge is 2.18. The summed E-state index contributed by atoms with van der Waals surface area (Å²) in [6.07, 6.45) is 4.90. The molecule has 2 amide bonds. The van der Waals surface area contributed by atoms with Crippen LogP contribution in [0.25, 0.3) is 0 Å². The van der Waals surface area contributed by atoms with Crippen LogP contribution < -0.4 is 10.6 Å². The van der Waals surface area contributed by atoms with Crippen LogP contribution in [0, 0.1) is 0 Å². The van der Waals surface area contributed by atoms with Crippen LogP contribution >= 0.6 is 0 Å². The van der Waals surface area contributed by atoms with Gasteiger partial charge < -0.3 is 15.7 Å². The van der Waals surface area contributed by atoms with E-state index >= 15 is 0 Å². The predicted octanol–water partition coefficient (Wildman–Crippen LogP) is 3.63. The van der Waals surface area contributed by atoms with E-state index in [0.29, 0.717) is 23.2 Å². The molecule has 1 aliphatic carbocycles. The summed E-state index contributed by atoms with van der Waals surface area (Å²) in [7, 11) is 0. The van der Waals surface area contributed by atoms with Gasteiger partial charge in [-0.15, -0.1) is 0 Å². The fourth-order valence-corrected chi connectivity index (χ4v) is 3.46. The van der Waals surface area contributed by atoms with E-state index in [-0.39, 0.29) is 29.8 Å². The number of aromatic carboxylic acids is 1. The molecule has 28 heavy (non-hydrogen) atoms. The SMILES string of the molecule is O=C(CCc1ccccc1C(=O)O)Nc1ccc(C(=O)NC2CCCC2)cc1. The molecular formula is C22H24N2O4. The standard InChI is InChI=1S/C22H24N2O4/c25-20(14-11-15-5-1-4-8-19(15)22(27)28)23-18-12-9-16(10-13-18)21(26)24-17-6-2-3-7-17/h1,4-5,8-10,12-13,17H,2-3,6-7,11,14H2,(H,23,25)(H,24,26)(H,27,28). The highest BCUT2D eigenvalue weighted by Crippen LogP contribution is 2.19. The monoisotopic (exact) mass is 380 g/mol. The Bertz CT molecular complexity index is 855. The first-order valence-electron chi connectivity index (χ1n) is 9.55. The third-order valence-electron chi connectivity index (χ3n) is 4.99. The van der Waals surface area contributed by atoms with Gasteiger partial charge in [0, 0.05) is 23.7 Å². The van der Waals surface area contributed by atoms with E-state index in [4.69, 9.17) is 0 Å².